The third-order valence-electron chi connectivity index (χ3n) is 1.73. The first-order valence-corrected chi connectivity index (χ1v) is 5.95. The molecule has 0 aliphatic carbocycles. The molecule has 0 heterocycles. The summed E-state index contributed by atoms with van der Waals surface area (Å²) in [5.74, 6) is -1.94. The fraction of sp³-hybridized carbons (Fsp3) is 0.200. The standard InChI is InChI=1S/C10H8Br2O4/c1-2-8(13)16-9-6(10(14)15)3-5(11)4-7(9)12/h3-4H,2H2,1H3,(H,14,15)/p-1. The molecule has 0 bridgehead atoms. The molecule has 0 atom stereocenters. The van der Waals surface area contributed by atoms with E-state index in [0.717, 1.165) is 0 Å². The Kier molecular flexibility index (Phi) is 4.49. The highest BCUT2D eigenvalue weighted by atomic mass is 79.9. The zero-order chi connectivity index (χ0) is 12.3. The maximum absolute atomic E-state index is 11.1. The summed E-state index contributed by atoms with van der Waals surface area (Å²) in [5.41, 5.74) is -0.178. The Morgan fingerprint density at radius 3 is 2.50 bits per heavy atom. The zero-order valence-electron chi connectivity index (χ0n) is 8.25. The molecule has 1 rings (SSSR count). The minimum Gasteiger partial charge on any atom is -0.545 e. The van der Waals surface area contributed by atoms with Crippen LogP contribution in [-0.2, 0) is 4.79 Å². The van der Waals surface area contributed by atoms with Crippen molar-refractivity contribution in [2.24, 2.45) is 0 Å². The second-order valence-corrected chi connectivity index (χ2v) is 4.65. The van der Waals surface area contributed by atoms with Crippen molar-refractivity contribution in [3.05, 3.63) is 26.6 Å². The molecule has 1 aromatic carbocycles. The number of carboxylic acids is 1. The number of esters is 1. The van der Waals surface area contributed by atoms with Gasteiger partial charge in [-0.05, 0) is 28.1 Å². The maximum atomic E-state index is 11.1. The van der Waals surface area contributed by atoms with Crippen LogP contribution in [0.5, 0.6) is 5.75 Å². The fourth-order valence-corrected chi connectivity index (χ4v) is 2.31. The number of carbonyl (C=O) groups excluding carboxylic acids is 2. The van der Waals surface area contributed by atoms with Gasteiger partial charge in [-0.2, -0.15) is 0 Å². The second-order valence-electron chi connectivity index (χ2n) is 2.88. The number of carbonyl (C=O) groups is 2. The van der Waals surface area contributed by atoms with E-state index in [1.54, 1.807) is 13.0 Å². The topological polar surface area (TPSA) is 66.4 Å². The summed E-state index contributed by atoms with van der Waals surface area (Å²) in [7, 11) is 0. The highest BCUT2D eigenvalue weighted by molar-refractivity contribution is 9.11. The van der Waals surface area contributed by atoms with Crippen molar-refractivity contribution in [3.8, 4) is 5.75 Å². The summed E-state index contributed by atoms with van der Waals surface area (Å²) in [6.07, 6.45) is 0.162. The van der Waals surface area contributed by atoms with Crippen molar-refractivity contribution in [3.63, 3.8) is 0 Å². The molecule has 0 saturated carbocycles. The molecule has 6 heteroatoms. The molecular weight excluding hydrogens is 344 g/mol. The van der Waals surface area contributed by atoms with Crippen molar-refractivity contribution < 1.29 is 19.4 Å². The minimum absolute atomic E-state index is 0.0324. The monoisotopic (exact) mass is 349 g/mol. The van der Waals surface area contributed by atoms with Gasteiger partial charge >= 0.3 is 5.97 Å². The number of carboxylic acid groups (broad SMARTS) is 1. The van der Waals surface area contributed by atoms with Crippen LogP contribution in [0.1, 0.15) is 23.7 Å². The SMILES string of the molecule is CCC(=O)Oc1c(Br)cc(Br)cc1C(=O)[O-]. The highest BCUT2D eigenvalue weighted by Crippen LogP contribution is 2.32. The lowest BCUT2D eigenvalue weighted by atomic mass is 10.2. The molecule has 0 aliphatic heterocycles. The number of rotatable bonds is 3. The summed E-state index contributed by atoms with van der Waals surface area (Å²) in [5, 5.41) is 10.9. The summed E-state index contributed by atoms with van der Waals surface area (Å²) >= 11 is 6.26. The smallest absolute Gasteiger partial charge is 0.310 e. The largest absolute Gasteiger partial charge is 0.545 e. The fourth-order valence-electron chi connectivity index (χ4n) is 1.00. The van der Waals surface area contributed by atoms with Crippen LogP contribution in [-0.4, -0.2) is 11.9 Å². The first kappa shape index (κ1) is 13.2. The van der Waals surface area contributed by atoms with Crippen molar-refractivity contribution in [1.29, 1.82) is 0 Å². The number of benzene rings is 1. The van der Waals surface area contributed by atoms with Gasteiger partial charge in [0, 0.05) is 16.5 Å². The molecule has 0 aromatic heterocycles. The Bertz CT molecular complexity index is 443. The normalized spacial score (nSPS) is 9.94. The van der Waals surface area contributed by atoms with Crippen molar-refractivity contribution in [2.45, 2.75) is 13.3 Å². The third-order valence-corrected chi connectivity index (χ3v) is 2.78. The third kappa shape index (κ3) is 3.05. The van der Waals surface area contributed by atoms with E-state index < -0.39 is 11.9 Å². The van der Waals surface area contributed by atoms with E-state index in [0.29, 0.717) is 8.95 Å². The first-order valence-electron chi connectivity index (χ1n) is 4.36. The first-order chi connectivity index (χ1) is 7.45. The average molecular weight is 351 g/mol. The molecule has 0 spiro atoms. The van der Waals surface area contributed by atoms with Gasteiger partial charge in [0.15, 0.2) is 5.75 Å². The van der Waals surface area contributed by atoms with Crippen LogP contribution in [0.3, 0.4) is 0 Å². The van der Waals surface area contributed by atoms with Crippen molar-refractivity contribution in [1.82, 2.24) is 0 Å². The van der Waals surface area contributed by atoms with E-state index in [9.17, 15) is 14.7 Å². The van der Waals surface area contributed by atoms with Gasteiger partial charge in [-0.25, -0.2) is 0 Å². The number of halogens is 2. The van der Waals surface area contributed by atoms with E-state index in [1.807, 2.05) is 0 Å². The van der Waals surface area contributed by atoms with Gasteiger partial charge < -0.3 is 14.6 Å². The molecule has 0 radical (unpaired) electrons. The summed E-state index contributed by atoms with van der Waals surface area (Å²) in [6.45, 7) is 1.62. The van der Waals surface area contributed by atoms with Gasteiger partial charge in [0.25, 0.3) is 0 Å². The zero-order valence-corrected chi connectivity index (χ0v) is 11.4. The minimum atomic E-state index is -1.40. The molecule has 0 fully saturated rings. The average Bonchev–Trinajstić information content (AvgIpc) is 2.20. The molecular formula is C10H7Br2O4-. The van der Waals surface area contributed by atoms with Gasteiger partial charge in [-0.3, -0.25) is 4.79 Å². The molecule has 0 saturated heterocycles. The quantitative estimate of drug-likeness (QED) is 0.616. The van der Waals surface area contributed by atoms with Crippen LogP contribution in [0.4, 0.5) is 0 Å². The molecule has 86 valence electrons. The number of hydrogen-bond donors (Lipinski definition) is 0. The maximum Gasteiger partial charge on any atom is 0.310 e. The van der Waals surface area contributed by atoms with Crippen molar-refractivity contribution >= 4 is 43.8 Å². The van der Waals surface area contributed by atoms with Crippen LogP contribution in [0.15, 0.2) is 21.1 Å². The van der Waals surface area contributed by atoms with Gasteiger partial charge in [0.1, 0.15) is 0 Å². The molecule has 16 heavy (non-hydrogen) atoms. The molecule has 1 aromatic rings. The second kappa shape index (κ2) is 5.45. The molecule has 4 nitrogen and oxygen atoms in total. The molecule has 0 N–H and O–H groups in total. The van der Waals surface area contributed by atoms with Gasteiger partial charge in [-0.15, -0.1) is 0 Å². The summed E-state index contributed by atoms with van der Waals surface area (Å²) < 4.78 is 5.84. The van der Waals surface area contributed by atoms with E-state index in [2.05, 4.69) is 31.9 Å². The van der Waals surface area contributed by atoms with E-state index in [1.165, 1.54) is 6.07 Å². The Morgan fingerprint density at radius 1 is 1.38 bits per heavy atom. The Hall–Kier alpha value is -0.880. The van der Waals surface area contributed by atoms with Gasteiger partial charge in [0.05, 0.1) is 10.4 Å². The van der Waals surface area contributed by atoms with Crippen LogP contribution in [0.25, 0.3) is 0 Å². The van der Waals surface area contributed by atoms with Crippen LogP contribution >= 0.6 is 31.9 Å². The Balaban J connectivity index is 3.24. The predicted molar refractivity (Wildman–Crippen MR) is 62.1 cm³/mol. The van der Waals surface area contributed by atoms with Crippen LogP contribution in [0.2, 0.25) is 0 Å². The van der Waals surface area contributed by atoms with Gasteiger partial charge in [0.2, 0.25) is 0 Å². The Labute approximate surface area is 109 Å². The van der Waals surface area contributed by atoms with Crippen molar-refractivity contribution in [2.75, 3.05) is 0 Å². The molecule has 0 aliphatic rings. The lowest BCUT2D eigenvalue weighted by Crippen LogP contribution is -2.24. The van der Waals surface area contributed by atoms with E-state index >= 15 is 0 Å². The molecule has 0 amide bonds. The van der Waals surface area contributed by atoms with E-state index in [4.69, 9.17) is 4.74 Å². The highest BCUT2D eigenvalue weighted by Gasteiger charge is 2.14. The Morgan fingerprint density at radius 2 is 2.00 bits per heavy atom. The summed E-state index contributed by atoms with van der Waals surface area (Å²) in [6, 6.07) is 2.91. The van der Waals surface area contributed by atoms with Crippen LogP contribution in [0, 0.1) is 0 Å². The number of ether oxygens (including phenoxy) is 1. The molecule has 0 unspecified atom stereocenters. The van der Waals surface area contributed by atoms with Crippen LogP contribution < -0.4 is 9.84 Å². The number of aromatic carboxylic acids is 1. The predicted octanol–water partition coefficient (Wildman–Crippen LogP) is 1.89. The summed E-state index contributed by atoms with van der Waals surface area (Å²) in [4.78, 5) is 22.0. The van der Waals surface area contributed by atoms with Gasteiger partial charge in [-0.1, -0.05) is 22.9 Å². The van der Waals surface area contributed by atoms with E-state index in [-0.39, 0.29) is 17.7 Å². The lowest BCUT2D eigenvalue weighted by Gasteiger charge is -2.12. The lowest BCUT2D eigenvalue weighted by molar-refractivity contribution is -0.255. The number of hydrogen-bond acceptors (Lipinski definition) is 4.